The van der Waals surface area contributed by atoms with Crippen LogP contribution >= 0.6 is 0 Å². The van der Waals surface area contributed by atoms with Gasteiger partial charge in [-0.25, -0.2) is 4.39 Å². The molecule has 1 aromatic carbocycles. The first-order chi connectivity index (χ1) is 10.4. The second-order valence-corrected chi connectivity index (χ2v) is 5.91. The van der Waals surface area contributed by atoms with Crippen molar-refractivity contribution < 1.29 is 17.6 Å². The molecule has 0 atom stereocenters. The van der Waals surface area contributed by atoms with Crippen molar-refractivity contribution in [3.05, 3.63) is 35.1 Å². The third-order valence-electron chi connectivity index (χ3n) is 4.28. The van der Waals surface area contributed by atoms with E-state index < -0.39 is 17.6 Å². The molecule has 1 fully saturated rings. The Balaban J connectivity index is 1.98. The largest absolute Gasteiger partial charge is 0.416 e. The lowest BCUT2D eigenvalue weighted by Gasteiger charge is -2.32. The Bertz CT molecular complexity index is 480. The van der Waals surface area contributed by atoms with Gasteiger partial charge in [-0.05, 0) is 69.6 Å². The molecule has 1 heterocycles. The zero-order chi connectivity index (χ0) is 16.2. The fourth-order valence-corrected chi connectivity index (χ4v) is 2.97. The van der Waals surface area contributed by atoms with Crippen LogP contribution in [0.1, 0.15) is 30.4 Å². The van der Waals surface area contributed by atoms with Gasteiger partial charge in [-0.15, -0.1) is 0 Å². The first-order valence-corrected chi connectivity index (χ1v) is 7.62. The van der Waals surface area contributed by atoms with Crippen LogP contribution in [-0.2, 0) is 12.7 Å². The van der Waals surface area contributed by atoms with Crippen LogP contribution in [0.5, 0.6) is 0 Å². The number of halogens is 4. The molecule has 0 radical (unpaired) electrons. The van der Waals surface area contributed by atoms with Crippen molar-refractivity contribution in [1.82, 2.24) is 10.2 Å². The second kappa shape index (κ2) is 7.42. The SMILES string of the molecule is CNCCC1CCN(Cc2ccc(F)cc2C(F)(F)F)CC1. The maximum absolute atomic E-state index is 13.1. The van der Waals surface area contributed by atoms with Crippen LogP contribution in [-0.4, -0.2) is 31.6 Å². The van der Waals surface area contributed by atoms with Crippen LogP contribution in [0.2, 0.25) is 0 Å². The maximum atomic E-state index is 13.1. The van der Waals surface area contributed by atoms with E-state index in [1.54, 1.807) is 0 Å². The number of nitrogens with one attached hydrogen (secondary N) is 1. The summed E-state index contributed by atoms with van der Waals surface area (Å²) >= 11 is 0. The van der Waals surface area contributed by atoms with Gasteiger partial charge in [-0.3, -0.25) is 4.90 Å². The van der Waals surface area contributed by atoms with Crippen LogP contribution < -0.4 is 5.32 Å². The molecule has 1 aliphatic heterocycles. The van der Waals surface area contributed by atoms with Gasteiger partial charge in [-0.2, -0.15) is 13.2 Å². The van der Waals surface area contributed by atoms with E-state index in [0.717, 1.165) is 45.0 Å². The first-order valence-electron chi connectivity index (χ1n) is 7.62. The zero-order valence-electron chi connectivity index (χ0n) is 12.7. The maximum Gasteiger partial charge on any atom is 0.416 e. The molecule has 1 N–H and O–H groups in total. The van der Waals surface area contributed by atoms with E-state index in [4.69, 9.17) is 0 Å². The van der Waals surface area contributed by atoms with Crippen molar-refractivity contribution in [2.75, 3.05) is 26.7 Å². The molecule has 0 aliphatic carbocycles. The van der Waals surface area contributed by atoms with Gasteiger partial charge in [0, 0.05) is 6.54 Å². The lowest BCUT2D eigenvalue weighted by molar-refractivity contribution is -0.138. The van der Waals surface area contributed by atoms with E-state index in [-0.39, 0.29) is 12.1 Å². The average Bonchev–Trinajstić information content (AvgIpc) is 2.47. The van der Waals surface area contributed by atoms with Crippen molar-refractivity contribution in [3.63, 3.8) is 0 Å². The summed E-state index contributed by atoms with van der Waals surface area (Å²) in [4.78, 5) is 2.03. The zero-order valence-corrected chi connectivity index (χ0v) is 12.7. The monoisotopic (exact) mass is 318 g/mol. The molecule has 1 aromatic rings. The van der Waals surface area contributed by atoms with Crippen LogP contribution in [0.3, 0.4) is 0 Å². The lowest BCUT2D eigenvalue weighted by Crippen LogP contribution is -2.34. The highest BCUT2D eigenvalue weighted by Crippen LogP contribution is 2.33. The summed E-state index contributed by atoms with van der Waals surface area (Å²) in [6.45, 7) is 2.79. The number of hydrogen-bond acceptors (Lipinski definition) is 2. The Kier molecular flexibility index (Phi) is 5.81. The van der Waals surface area contributed by atoms with Crippen molar-refractivity contribution in [2.24, 2.45) is 5.92 Å². The molecule has 1 saturated heterocycles. The molecule has 1 aliphatic rings. The summed E-state index contributed by atoms with van der Waals surface area (Å²) < 4.78 is 52.1. The number of likely N-dealkylation sites (tertiary alicyclic amines) is 1. The van der Waals surface area contributed by atoms with E-state index in [2.05, 4.69) is 5.32 Å². The molecular formula is C16H22F4N2. The van der Waals surface area contributed by atoms with Crippen molar-refractivity contribution >= 4 is 0 Å². The molecule has 2 rings (SSSR count). The number of nitrogens with zero attached hydrogens (tertiary/aromatic N) is 1. The highest BCUT2D eigenvalue weighted by atomic mass is 19.4. The van der Waals surface area contributed by atoms with Crippen LogP contribution in [0.25, 0.3) is 0 Å². The number of alkyl halides is 3. The van der Waals surface area contributed by atoms with Gasteiger partial charge >= 0.3 is 6.18 Å². The van der Waals surface area contributed by atoms with Crippen molar-refractivity contribution in [1.29, 1.82) is 0 Å². The molecule has 0 saturated carbocycles. The summed E-state index contributed by atoms with van der Waals surface area (Å²) in [7, 11) is 1.92. The molecule has 0 aromatic heterocycles. The molecule has 0 unspecified atom stereocenters. The molecule has 6 heteroatoms. The molecular weight excluding hydrogens is 296 g/mol. The smallest absolute Gasteiger partial charge is 0.320 e. The normalized spacial score (nSPS) is 17.9. The number of rotatable bonds is 5. The quantitative estimate of drug-likeness (QED) is 0.834. The van der Waals surface area contributed by atoms with Gasteiger partial charge in [0.2, 0.25) is 0 Å². The van der Waals surface area contributed by atoms with Gasteiger partial charge < -0.3 is 5.32 Å². The predicted molar refractivity (Wildman–Crippen MR) is 77.9 cm³/mol. The Morgan fingerprint density at radius 2 is 1.91 bits per heavy atom. The molecule has 2 nitrogen and oxygen atoms in total. The summed E-state index contributed by atoms with van der Waals surface area (Å²) in [5.74, 6) is -0.208. The third-order valence-corrected chi connectivity index (χ3v) is 4.28. The van der Waals surface area contributed by atoms with Crippen molar-refractivity contribution in [3.8, 4) is 0 Å². The van der Waals surface area contributed by atoms with Crippen LogP contribution in [0.15, 0.2) is 18.2 Å². The van der Waals surface area contributed by atoms with E-state index in [9.17, 15) is 17.6 Å². The van der Waals surface area contributed by atoms with Gasteiger partial charge in [-0.1, -0.05) is 6.07 Å². The molecule has 22 heavy (non-hydrogen) atoms. The highest BCUT2D eigenvalue weighted by Gasteiger charge is 2.34. The van der Waals surface area contributed by atoms with Gasteiger partial charge in [0.1, 0.15) is 5.82 Å². The highest BCUT2D eigenvalue weighted by molar-refractivity contribution is 5.30. The summed E-state index contributed by atoms with van der Waals surface area (Å²) in [5.41, 5.74) is -0.701. The Hall–Kier alpha value is -1.14. The summed E-state index contributed by atoms with van der Waals surface area (Å²) in [6, 6.07) is 2.95. The molecule has 0 spiro atoms. The van der Waals surface area contributed by atoms with Crippen LogP contribution in [0.4, 0.5) is 17.6 Å². The second-order valence-electron chi connectivity index (χ2n) is 5.91. The minimum absolute atomic E-state index is 0.155. The molecule has 0 amide bonds. The fourth-order valence-electron chi connectivity index (χ4n) is 2.97. The van der Waals surface area contributed by atoms with E-state index in [0.29, 0.717) is 12.0 Å². The fraction of sp³-hybridized carbons (Fsp3) is 0.625. The standard InChI is InChI=1S/C16H22F4N2/c1-21-7-4-12-5-8-22(9-6-12)11-13-2-3-14(17)10-15(13)16(18,19)20/h2-3,10,12,21H,4-9,11H2,1H3. The molecule has 124 valence electrons. The van der Waals surface area contributed by atoms with E-state index in [1.165, 1.54) is 6.07 Å². The predicted octanol–water partition coefficient (Wildman–Crippen LogP) is 3.67. The Labute approximate surface area is 128 Å². The lowest BCUT2D eigenvalue weighted by atomic mass is 9.93. The average molecular weight is 318 g/mol. The van der Waals surface area contributed by atoms with Gasteiger partial charge in [0.05, 0.1) is 5.56 Å². The van der Waals surface area contributed by atoms with Crippen LogP contribution in [0, 0.1) is 11.7 Å². The Morgan fingerprint density at radius 1 is 1.23 bits per heavy atom. The molecule has 0 bridgehead atoms. The summed E-state index contributed by atoms with van der Waals surface area (Å²) in [6.07, 6.45) is -1.40. The topological polar surface area (TPSA) is 15.3 Å². The third kappa shape index (κ3) is 4.68. The van der Waals surface area contributed by atoms with Crippen molar-refractivity contribution in [2.45, 2.75) is 32.0 Å². The minimum Gasteiger partial charge on any atom is -0.320 e. The Morgan fingerprint density at radius 3 is 2.50 bits per heavy atom. The number of piperidine rings is 1. The first kappa shape index (κ1) is 17.2. The summed E-state index contributed by atoms with van der Waals surface area (Å²) in [5, 5.41) is 3.12. The van der Waals surface area contributed by atoms with Gasteiger partial charge in [0.25, 0.3) is 0 Å². The number of benzene rings is 1. The minimum atomic E-state index is -4.51. The van der Waals surface area contributed by atoms with E-state index in [1.807, 2.05) is 11.9 Å². The van der Waals surface area contributed by atoms with E-state index >= 15 is 0 Å². The van der Waals surface area contributed by atoms with Gasteiger partial charge in [0.15, 0.2) is 0 Å². The number of hydrogen-bond donors (Lipinski definition) is 1.